The number of nitrogens with one attached hydrogen (secondary N) is 1. The van der Waals surface area contributed by atoms with Crippen molar-refractivity contribution in [3.63, 3.8) is 0 Å². The number of amides is 1. The van der Waals surface area contributed by atoms with Crippen LogP contribution in [0, 0.1) is 5.92 Å². The quantitative estimate of drug-likeness (QED) is 0.551. The molecule has 0 saturated carbocycles. The standard InChI is InChI=1S/C25H35N3O5S/c1-19(2)24(26-34(30,31)23-11-9-22(33-4)10-12-23)25(29)28-17-15-27(16-18-28)14-13-20-5-7-21(32-3)8-6-20/h5-12,19,24,26H,13-18H2,1-4H3/t24-/m0/s1. The lowest BCUT2D eigenvalue weighted by Crippen LogP contribution is -2.56. The van der Waals surface area contributed by atoms with Crippen molar-refractivity contribution in [2.75, 3.05) is 46.9 Å². The van der Waals surface area contributed by atoms with E-state index in [9.17, 15) is 13.2 Å². The number of carbonyl (C=O) groups is 1. The third-order valence-corrected chi connectivity index (χ3v) is 7.60. The van der Waals surface area contributed by atoms with Gasteiger partial charge in [0.25, 0.3) is 0 Å². The Morgan fingerprint density at radius 3 is 1.94 bits per heavy atom. The molecule has 1 aliphatic rings. The molecule has 186 valence electrons. The summed E-state index contributed by atoms with van der Waals surface area (Å²) in [6.07, 6.45) is 0.925. The smallest absolute Gasteiger partial charge is 0.241 e. The monoisotopic (exact) mass is 489 g/mol. The zero-order chi connectivity index (χ0) is 24.7. The first-order valence-corrected chi connectivity index (χ1v) is 13.0. The highest BCUT2D eigenvalue weighted by Gasteiger charge is 2.33. The third kappa shape index (κ3) is 6.71. The van der Waals surface area contributed by atoms with Crippen molar-refractivity contribution in [3.05, 3.63) is 54.1 Å². The van der Waals surface area contributed by atoms with Gasteiger partial charge in [0, 0.05) is 32.7 Å². The molecule has 3 rings (SSSR count). The van der Waals surface area contributed by atoms with E-state index in [0.717, 1.165) is 31.8 Å². The van der Waals surface area contributed by atoms with Crippen LogP contribution in [0.25, 0.3) is 0 Å². The maximum absolute atomic E-state index is 13.2. The molecule has 1 atom stereocenters. The molecule has 1 N–H and O–H groups in total. The normalized spacial score (nSPS) is 15.9. The predicted molar refractivity (Wildman–Crippen MR) is 132 cm³/mol. The molecule has 0 aromatic heterocycles. The van der Waals surface area contributed by atoms with Gasteiger partial charge in [0.1, 0.15) is 17.5 Å². The number of ether oxygens (including phenoxy) is 2. The molecule has 1 amide bonds. The van der Waals surface area contributed by atoms with Crippen LogP contribution in [0.3, 0.4) is 0 Å². The molecule has 1 heterocycles. The summed E-state index contributed by atoms with van der Waals surface area (Å²) in [6.45, 7) is 7.29. The zero-order valence-electron chi connectivity index (χ0n) is 20.4. The van der Waals surface area contributed by atoms with Crippen LogP contribution in [0.1, 0.15) is 19.4 Å². The highest BCUT2D eigenvalue weighted by atomic mass is 32.2. The Bertz CT molecular complexity index is 1030. The molecule has 1 aliphatic heterocycles. The van der Waals surface area contributed by atoms with Crippen molar-refractivity contribution >= 4 is 15.9 Å². The molecule has 0 aliphatic carbocycles. The van der Waals surface area contributed by atoms with Gasteiger partial charge in [-0.1, -0.05) is 26.0 Å². The van der Waals surface area contributed by atoms with Gasteiger partial charge in [-0.15, -0.1) is 0 Å². The number of sulfonamides is 1. The van der Waals surface area contributed by atoms with Gasteiger partial charge in [-0.3, -0.25) is 9.69 Å². The molecular formula is C25H35N3O5S. The maximum atomic E-state index is 13.2. The topological polar surface area (TPSA) is 88.2 Å². The highest BCUT2D eigenvalue weighted by molar-refractivity contribution is 7.89. The summed E-state index contributed by atoms with van der Waals surface area (Å²) in [5.74, 6) is 1.05. The Morgan fingerprint density at radius 2 is 1.44 bits per heavy atom. The Morgan fingerprint density at radius 1 is 0.912 bits per heavy atom. The van der Waals surface area contributed by atoms with E-state index < -0.39 is 16.1 Å². The van der Waals surface area contributed by atoms with E-state index in [1.807, 2.05) is 26.0 Å². The number of rotatable bonds is 10. The summed E-state index contributed by atoms with van der Waals surface area (Å²) in [5, 5.41) is 0. The van der Waals surface area contributed by atoms with Crippen LogP contribution < -0.4 is 14.2 Å². The Balaban J connectivity index is 1.55. The van der Waals surface area contributed by atoms with Crippen molar-refractivity contribution in [1.29, 1.82) is 0 Å². The molecule has 9 heteroatoms. The maximum Gasteiger partial charge on any atom is 0.241 e. The number of hydrogen-bond donors (Lipinski definition) is 1. The van der Waals surface area contributed by atoms with Gasteiger partial charge in [0.15, 0.2) is 0 Å². The van der Waals surface area contributed by atoms with Gasteiger partial charge in [-0.05, 0) is 54.3 Å². The minimum Gasteiger partial charge on any atom is -0.497 e. The molecule has 8 nitrogen and oxygen atoms in total. The van der Waals surface area contributed by atoms with E-state index in [1.54, 1.807) is 24.1 Å². The van der Waals surface area contributed by atoms with E-state index in [1.165, 1.54) is 24.8 Å². The minimum atomic E-state index is -3.84. The Hall–Kier alpha value is -2.62. The molecular weight excluding hydrogens is 454 g/mol. The van der Waals surface area contributed by atoms with Crippen LogP contribution in [0.15, 0.2) is 53.4 Å². The summed E-state index contributed by atoms with van der Waals surface area (Å²) in [5.41, 5.74) is 1.24. The molecule has 1 fully saturated rings. The van der Waals surface area contributed by atoms with E-state index in [0.29, 0.717) is 18.8 Å². The van der Waals surface area contributed by atoms with Crippen LogP contribution in [-0.4, -0.2) is 77.1 Å². The second-order valence-electron chi connectivity index (χ2n) is 8.78. The number of nitrogens with zero attached hydrogens (tertiary/aromatic N) is 2. The van der Waals surface area contributed by atoms with Crippen molar-refractivity contribution in [2.45, 2.75) is 31.2 Å². The molecule has 1 saturated heterocycles. The van der Waals surface area contributed by atoms with Crippen LogP contribution >= 0.6 is 0 Å². The fourth-order valence-electron chi connectivity index (χ4n) is 3.93. The summed E-state index contributed by atoms with van der Waals surface area (Å²) in [4.78, 5) is 17.5. The Kier molecular flexibility index (Phi) is 8.93. The van der Waals surface area contributed by atoms with Gasteiger partial charge in [0.05, 0.1) is 19.1 Å². The van der Waals surface area contributed by atoms with Crippen LogP contribution in [0.4, 0.5) is 0 Å². The largest absolute Gasteiger partial charge is 0.497 e. The van der Waals surface area contributed by atoms with Gasteiger partial charge in [-0.25, -0.2) is 8.42 Å². The van der Waals surface area contributed by atoms with E-state index in [4.69, 9.17) is 9.47 Å². The molecule has 34 heavy (non-hydrogen) atoms. The first-order chi connectivity index (χ1) is 16.2. The predicted octanol–water partition coefficient (Wildman–Crippen LogP) is 2.39. The minimum absolute atomic E-state index is 0.107. The van der Waals surface area contributed by atoms with Gasteiger partial charge < -0.3 is 14.4 Å². The van der Waals surface area contributed by atoms with Crippen LogP contribution in [-0.2, 0) is 21.2 Å². The molecule has 0 unspecified atom stereocenters. The van der Waals surface area contributed by atoms with Gasteiger partial charge >= 0.3 is 0 Å². The molecule has 0 radical (unpaired) electrons. The highest BCUT2D eigenvalue weighted by Crippen LogP contribution is 2.18. The lowest BCUT2D eigenvalue weighted by molar-refractivity contribution is -0.135. The van der Waals surface area contributed by atoms with Crippen molar-refractivity contribution < 1.29 is 22.7 Å². The van der Waals surface area contributed by atoms with Gasteiger partial charge in [0.2, 0.25) is 15.9 Å². The fourth-order valence-corrected chi connectivity index (χ4v) is 5.27. The molecule has 2 aromatic rings. The van der Waals surface area contributed by atoms with E-state index in [2.05, 4.69) is 21.8 Å². The van der Waals surface area contributed by atoms with E-state index >= 15 is 0 Å². The average molecular weight is 490 g/mol. The molecule has 2 aromatic carbocycles. The number of carbonyl (C=O) groups excluding carboxylic acids is 1. The fraction of sp³-hybridized carbons (Fsp3) is 0.480. The molecule has 0 bridgehead atoms. The van der Waals surface area contributed by atoms with Crippen molar-refractivity contribution in [2.24, 2.45) is 5.92 Å². The molecule has 0 spiro atoms. The number of piperazine rings is 1. The number of methoxy groups -OCH3 is 2. The lowest BCUT2D eigenvalue weighted by Gasteiger charge is -2.37. The third-order valence-electron chi connectivity index (χ3n) is 6.14. The first-order valence-electron chi connectivity index (χ1n) is 11.5. The Labute approximate surface area is 202 Å². The summed E-state index contributed by atoms with van der Waals surface area (Å²) >= 11 is 0. The summed E-state index contributed by atoms with van der Waals surface area (Å²) in [7, 11) is -0.662. The summed E-state index contributed by atoms with van der Waals surface area (Å²) < 4.78 is 38.7. The lowest BCUT2D eigenvalue weighted by atomic mass is 10.0. The first kappa shape index (κ1) is 26.0. The zero-order valence-corrected chi connectivity index (χ0v) is 21.2. The number of benzene rings is 2. The summed E-state index contributed by atoms with van der Waals surface area (Å²) in [6, 6.07) is 13.4. The SMILES string of the molecule is COc1ccc(CCN2CCN(C(=O)[C@@H](NS(=O)(=O)c3ccc(OC)cc3)C(C)C)CC2)cc1. The van der Waals surface area contributed by atoms with Crippen molar-refractivity contribution in [3.8, 4) is 11.5 Å². The van der Waals surface area contributed by atoms with Crippen molar-refractivity contribution in [1.82, 2.24) is 14.5 Å². The van der Waals surface area contributed by atoms with Crippen LogP contribution in [0.2, 0.25) is 0 Å². The number of hydrogen-bond acceptors (Lipinski definition) is 6. The second kappa shape index (κ2) is 11.7. The van der Waals surface area contributed by atoms with Crippen LogP contribution in [0.5, 0.6) is 11.5 Å². The second-order valence-corrected chi connectivity index (χ2v) is 10.5. The average Bonchev–Trinajstić information content (AvgIpc) is 2.86. The van der Waals surface area contributed by atoms with E-state index in [-0.39, 0.29) is 16.7 Å². The van der Waals surface area contributed by atoms with Gasteiger partial charge in [-0.2, -0.15) is 4.72 Å².